The molecule has 7 heteroatoms. The number of carbonyl (C=O) groups excluding carboxylic acids is 2. The first-order chi connectivity index (χ1) is 14.6. The van der Waals surface area contributed by atoms with E-state index in [1.54, 1.807) is 12.1 Å². The van der Waals surface area contributed by atoms with E-state index in [1.807, 2.05) is 23.1 Å². The maximum Gasteiger partial charge on any atom is 0.254 e. The Balaban J connectivity index is 1.29. The average molecular weight is 408 g/mol. The second-order valence-electron chi connectivity index (χ2n) is 8.18. The molecule has 1 N–H and O–H groups in total. The standard InChI is InChI=1S/C23H25FN4O2/c24-17-5-7-18(8-6-17)26-11-13-27(14-12-26)23(30)16-4-9-20-19(15-16)25-22(29)21-3-1-2-10-28(20)21/h4-9,15,21H,1-3,10-14H2,(H,25,29)/t21-/m0/s1. The molecular weight excluding hydrogens is 383 g/mol. The van der Waals surface area contributed by atoms with E-state index >= 15 is 0 Å². The van der Waals surface area contributed by atoms with Gasteiger partial charge < -0.3 is 20.0 Å². The van der Waals surface area contributed by atoms with Crippen molar-refractivity contribution < 1.29 is 14.0 Å². The Kier molecular flexibility index (Phi) is 4.81. The summed E-state index contributed by atoms with van der Waals surface area (Å²) >= 11 is 0. The molecule has 2 aromatic rings. The van der Waals surface area contributed by atoms with Crippen LogP contribution in [0.15, 0.2) is 42.5 Å². The number of nitrogens with zero attached hydrogens (tertiary/aromatic N) is 3. The summed E-state index contributed by atoms with van der Waals surface area (Å²) < 4.78 is 13.1. The monoisotopic (exact) mass is 408 g/mol. The minimum Gasteiger partial charge on any atom is -0.368 e. The highest BCUT2D eigenvalue weighted by molar-refractivity contribution is 6.05. The van der Waals surface area contributed by atoms with Crippen molar-refractivity contribution in [1.29, 1.82) is 0 Å². The fourth-order valence-corrected chi connectivity index (χ4v) is 4.73. The molecule has 2 saturated heterocycles. The molecule has 156 valence electrons. The summed E-state index contributed by atoms with van der Waals surface area (Å²) in [7, 11) is 0. The molecule has 2 aromatic carbocycles. The largest absolute Gasteiger partial charge is 0.368 e. The Hall–Kier alpha value is -3.09. The van der Waals surface area contributed by atoms with Crippen LogP contribution in [0.5, 0.6) is 0 Å². The Morgan fingerprint density at radius 1 is 0.967 bits per heavy atom. The lowest BCUT2D eigenvalue weighted by molar-refractivity contribution is -0.118. The van der Waals surface area contributed by atoms with Gasteiger partial charge in [0, 0.05) is 44.0 Å². The Morgan fingerprint density at radius 3 is 2.50 bits per heavy atom. The lowest BCUT2D eigenvalue weighted by atomic mass is 9.96. The van der Waals surface area contributed by atoms with Crippen LogP contribution in [-0.4, -0.2) is 55.5 Å². The lowest BCUT2D eigenvalue weighted by Crippen LogP contribution is -2.50. The molecule has 2 fully saturated rings. The van der Waals surface area contributed by atoms with Gasteiger partial charge in [-0.15, -0.1) is 0 Å². The normalized spacial score (nSPS) is 21.0. The molecule has 0 spiro atoms. The van der Waals surface area contributed by atoms with Gasteiger partial charge in [0.1, 0.15) is 11.9 Å². The summed E-state index contributed by atoms with van der Waals surface area (Å²) in [6.07, 6.45) is 3.04. The number of hydrogen-bond donors (Lipinski definition) is 1. The molecule has 5 rings (SSSR count). The third-order valence-electron chi connectivity index (χ3n) is 6.37. The number of benzene rings is 2. The number of rotatable bonds is 2. The fourth-order valence-electron chi connectivity index (χ4n) is 4.73. The van der Waals surface area contributed by atoms with Crippen LogP contribution in [0.2, 0.25) is 0 Å². The third-order valence-corrected chi connectivity index (χ3v) is 6.37. The molecule has 3 aliphatic heterocycles. The molecule has 3 aliphatic rings. The van der Waals surface area contributed by atoms with Crippen molar-refractivity contribution in [2.75, 3.05) is 47.8 Å². The molecule has 6 nitrogen and oxygen atoms in total. The van der Waals surface area contributed by atoms with E-state index in [1.165, 1.54) is 12.1 Å². The van der Waals surface area contributed by atoms with Crippen LogP contribution in [0, 0.1) is 5.82 Å². The van der Waals surface area contributed by atoms with Gasteiger partial charge in [-0.05, 0) is 61.7 Å². The number of halogens is 1. The molecule has 30 heavy (non-hydrogen) atoms. The van der Waals surface area contributed by atoms with Gasteiger partial charge >= 0.3 is 0 Å². The minimum atomic E-state index is -0.247. The highest BCUT2D eigenvalue weighted by atomic mass is 19.1. The number of piperazine rings is 1. The summed E-state index contributed by atoms with van der Waals surface area (Å²) in [6, 6.07) is 12.0. The first-order valence-corrected chi connectivity index (χ1v) is 10.6. The van der Waals surface area contributed by atoms with Crippen molar-refractivity contribution in [2.45, 2.75) is 25.3 Å². The second-order valence-corrected chi connectivity index (χ2v) is 8.18. The van der Waals surface area contributed by atoms with E-state index in [4.69, 9.17) is 0 Å². The summed E-state index contributed by atoms with van der Waals surface area (Å²) in [5, 5.41) is 3.00. The van der Waals surface area contributed by atoms with Crippen LogP contribution in [0.1, 0.15) is 29.6 Å². The second kappa shape index (κ2) is 7.63. The maximum absolute atomic E-state index is 13.1. The van der Waals surface area contributed by atoms with Crippen LogP contribution >= 0.6 is 0 Å². The zero-order valence-corrected chi connectivity index (χ0v) is 16.8. The predicted molar refractivity (Wildman–Crippen MR) is 115 cm³/mol. The minimum absolute atomic E-state index is 0.0217. The zero-order valence-electron chi connectivity index (χ0n) is 16.8. The van der Waals surface area contributed by atoms with Crippen molar-refractivity contribution >= 4 is 28.9 Å². The van der Waals surface area contributed by atoms with Crippen LogP contribution in [0.25, 0.3) is 0 Å². The molecule has 0 bridgehead atoms. The van der Waals surface area contributed by atoms with E-state index in [0.29, 0.717) is 31.7 Å². The molecular formula is C23H25FN4O2. The van der Waals surface area contributed by atoms with Crippen molar-refractivity contribution in [3.63, 3.8) is 0 Å². The molecule has 0 aliphatic carbocycles. The number of hydrogen-bond acceptors (Lipinski definition) is 4. The van der Waals surface area contributed by atoms with Crippen LogP contribution in [-0.2, 0) is 4.79 Å². The van der Waals surface area contributed by atoms with Crippen molar-refractivity contribution in [2.24, 2.45) is 0 Å². The zero-order chi connectivity index (χ0) is 20.7. The Bertz CT molecular complexity index is 970. The molecule has 0 unspecified atom stereocenters. The first kappa shape index (κ1) is 18.9. The number of amides is 2. The molecule has 3 heterocycles. The summed E-state index contributed by atoms with van der Waals surface area (Å²) in [4.78, 5) is 31.7. The molecule has 0 saturated carbocycles. The Labute approximate surface area is 175 Å². The number of nitrogens with one attached hydrogen (secondary N) is 1. The maximum atomic E-state index is 13.1. The first-order valence-electron chi connectivity index (χ1n) is 10.6. The van der Waals surface area contributed by atoms with Crippen molar-refractivity contribution in [1.82, 2.24) is 4.90 Å². The Morgan fingerprint density at radius 2 is 1.73 bits per heavy atom. The summed E-state index contributed by atoms with van der Waals surface area (Å²) in [6.45, 7) is 3.49. The van der Waals surface area contributed by atoms with Gasteiger partial charge in [-0.2, -0.15) is 0 Å². The number of anilines is 3. The van der Waals surface area contributed by atoms with E-state index in [9.17, 15) is 14.0 Å². The smallest absolute Gasteiger partial charge is 0.254 e. The van der Waals surface area contributed by atoms with Crippen LogP contribution in [0.4, 0.5) is 21.5 Å². The van der Waals surface area contributed by atoms with Crippen LogP contribution < -0.4 is 15.1 Å². The quantitative estimate of drug-likeness (QED) is 0.830. The van der Waals surface area contributed by atoms with Gasteiger partial charge in [0.05, 0.1) is 11.4 Å². The predicted octanol–water partition coefficient (Wildman–Crippen LogP) is 3.10. The van der Waals surface area contributed by atoms with E-state index in [-0.39, 0.29) is 23.7 Å². The van der Waals surface area contributed by atoms with Gasteiger partial charge in [-0.1, -0.05) is 0 Å². The van der Waals surface area contributed by atoms with Crippen molar-refractivity contribution in [3.05, 3.63) is 53.8 Å². The van der Waals surface area contributed by atoms with E-state index in [0.717, 1.165) is 42.9 Å². The fraction of sp³-hybridized carbons (Fsp3) is 0.391. The lowest BCUT2D eigenvalue weighted by Gasteiger charge is -2.41. The molecule has 2 amide bonds. The van der Waals surface area contributed by atoms with E-state index in [2.05, 4.69) is 15.1 Å². The van der Waals surface area contributed by atoms with Crippen molar-refractivity contribution in [3.8, 4) is 0 Å². The van der Waals surface area contributed by atoms with Gasteiger partial charge in [0.15, 0.2) is 0 Å². The topological polar surface area (TPSA) is 55.9 Å². The molecule has 1 atom stereocenters. The highest BCUT2D eigenvalue weighted by Crippen LogP contribution is 2.36. The van der Waals surface area contributed by atoms with Gasteiger partial charge in [-0.3, -0.25) is 9.59 Å². The van der Waals surface area contributed by atoms with Gasteiger partial charge in [0.25, 0.3) is 5.91 Å². The summed E-state index contributed by atoms with van der Waals surface area (Å²) in [5.41, 5.74) is 3.31. The highest BCUT2D eigenvalue weighted by Gasteiger charge is 2.35. The number of fused-ring (bicyclic) bond motifs is 3. The third kappa shape index (κ3) is 3.38. The molecule has 0 aromatic heterocycles. The average Bonchev–Trinajstić information content (AvgIpc) is 2.79. The van der Waals surface area contributed by atoms with Gasteiger partial charge in [-0.25, -0.2) is 4.39 Å². The van der Waals surface area contributed by atoms with Gasteiger partial charge in [0.2, 0.25) is 5.91 Å². The summed E-state index contributed by atoms with van der Waals surface area (Å²) in [5.74, 6) is -0.241. The molecule has 0 radical (unpaired) electrons. The number of piperidine rings is 1. The number of carbonyl (C=O) groups is 2. The van der Waals surface area contributed by atoms with Crippen LogP contribution in [0.3, 0.4) is 0 Å². The van der Waals surface area contributed by atoms with E-state index < -0.39 is 0 Å². The SMILES string of the molecule is O=C1Nc2cc(C(=O)N3CCN(c4ccc(F)cc4)CC3)ccc2N2CCCC[C@@H]12.